The summed E-state index contributed by atoms with van der Waals surface area (Å²) in [7, 11) is 2.08. The van der Waals surface area contributed by atoms with Crippen LogP contribution in [0.2, 0.25) is 0 Å². The molecule has 2 aliphatic rings. The van der Waals surface area contributed by atoms with Crippen molar-refractivity contribution in [1.82, 2.24) is 0 Å². The molecule has 1 heteroatoms. The molecule has 28 heavy (non-hydrogen) atoms. The topological polar surface area (TPSA) is 3.88 Å². The highest BCUT2D eigenvalue weighted by atomic mass is 14.9. The molecule has 2 aliphatic carbocycles. The van der Waals surface area contributed by atoms with Gasteiger partial charge in [-0.2, -0.15) is 0 Å². The largest absolute Gasteiger partial charge is 0.213 e. The molecule has 1 aromatic heterocycles. The van der Waals surface area contributed by atoms with E-state index in [4.69, 9.17) is 2.74 Å². The van der Waals surface area contributed by atoms with Gasteiger partial charge in [0.05, 0.1) is 0 Å². The Balaban J connectivity index is 1.58. The van der Waals surface area contributed by atoms with E-state index in [-0.39, 0.29) is 5.41 Å². The lowest BCUT2D eigenvalue weighted by Gasteiger charge is -2.33. The van der Waals surface area contributed by atoms with Crippen molar-refractivity contribution in [2.24, 2.45) is 12.5 Å². The van der Waals surface area contributed by atoms with Gasteiger partial charge in [0.15, 0.2) is 6.20 Å². The highest BCUT2D eigenvalue weighted by Gasteiger charge is 2.37. The summed E-state index contributed by atoms with van der Waals surface area (Å²) in [6.07, 6.45) is 7.38. The quantitative estimate of drug-likeness (QED) is 0.473. The minimum Gasteiger partial charge on any atom is -0.201 e. The number of pyridine rings is 1. The fourth-order valence-corrected chi connectivity index (χ4v) is 5.13. The lowest BCUT2D eigenvalue weighted by molar-refractivity contribution is -0.660. The second-order valence-corrected chi connectivity index (χ2v) is 8.74. The van der Waals surface area contributed by atoms with E-state index in [1.807, 2.05) is 0 Å². The monoisotopic (exact) mass is 370 g/mol. The summed E-state index contributed by atoms with van der Waals surface area (Å²) in [4.78, 5) is 0. The summed E-state index contributed by atoms with van der Waals surface area (Å²) in [5, 5.41) is 0. The van der Waals surface area contributed by atoms with E-state index in [2.05, 4.69) is 79.3 Å². The number of benzene rings is 2. The lowest BCUT2D eigenvalue weighted by Crippen LogP contribution is -2.30. The second-order valence-electron chi connectivity index (χ2n) is 8.74. The van der Waals surface area contributed by atoms with E-state index in [1.165, 1.54) is 28.8 Å². The average Bonchev–Trinajstić information content (AvgIpc) is 2.95. The number of aryl methyl sites for hydroxylation is 2. The van der Waals surface area contributed by atoms with Crippen LogP contribution >= 0.6 is 0 Å². The Bertz CT molecular complexity index is 1110. The summed E-state index contributed by atoms with van der Waals surface area (Å²) in [5.41, 5.74) is 7.88. The minimum atomic E-state index is -1.24. The van der Waals surface area contributed by atoms with Gasteiger partial charge in [0.25, 0.3) is 0 Å². The fourth-order valence-electron chi connectivity index (χ4n) is 5.13. The van der Waals surface area contributed by atoms with E-state index in [0.717, 1.165) is 48.8 Å². The Hall–Kier alpha value is -2.41. The van der Waals surface area contributed by atoms with Gasteiger partial charge in [-0.05, 0) is 71.9 Å². The van der Waals surface area contributed by atoms with Crippen LogP contribution < -0.4 is 4.57 Å². The van der Waals surface area contributed by atoms with Gasteiger partial charge in [0, 0.05) is 20.4 Å². The van der Waals surface area contributed by atoms with Crippen molar-refractivity contribution in [2.75, 3.05) is 0 Å². The first-order valence-corrected chi connectivity index (χ1v) is 10.6. The molecule has 0 bridgehead atoms. The van der Waals surface area contributed by atoms with Crippen molar-refractivity contribution in [3.8, 4) is 22.4 Å². The number of rotatable bonds is 2. The third-order valence-corrected chi connectivity index (χ3v) is 6.75. The van der Waals surface area contributed by atoms with Gasteiger partial charge < -0.3 is 0 Å². The number of nitrogens with zero attached hydrogens (tertiary/aromatic N) is 1. The summed E-state index contributed by atoms with van der Waals surface area (Å²) in [6, 6.07) is 19.4. The van der Waals surface area contributed by atoms with Crippen LogP contribution in [0.15, 0.2) is 60.8 Å². The molecular weight excluding hydrogens is 338 g/mol. The molecule has 1 heterocycles. The SMILES string of the molecule is [2H]C1([2H])c2cc(-c3cc[n+](C)c(-c4ccccc4C)c3)ccc2CC12CCCCC2. The van der Waals surface area contributed by atoms with Gasteiger partial charge in [0.2, 0.25) is 5.69 Å². The van der Waals surface area contributed by atoms with Crippen LogP contribution in [0.1, 0.15) is 51.5 Å². The maximum atomic E-state index is 9.07. The number of aromatic nitrogens is 1. The molecule has 1 saturated carbocycles. The van der Waals surface area contributed by atoms with E-state index in [9.17, 15) is 0 Å². The summed E-state index contributed by atoms with van der Waals surface area (Å²) in [5.74, 6) is 0. The standard InChI is InChI=1S/C27H30N/c1-20-8-4-5-9-25(20)26-17-22(12-15-28(26)2)21-10-11-23-18-27(19-24(23)16-21)13-6-3-7-14-27/h4-5,8-12,15-17H,3,6-7,13-14,18-19H2,1-2H3/q+1/i19D2. The van der Waals surface area contributed by atoms with Gasteiger partial charge >= 0.3 is 0 Å². The van der Waals surface area contributed by atoms with Crippen molar-refractivity contribution in [1.29, 1.82) is 0 Å². The van der Waals surface area contributed by atoms with Crippen LogP contribution in [0.5, 0.6) is 0 Å². The zero-order valence-electron chi connectivity index (χ0n) is 19.0. The number of hydrogen-bond acceptors (Lipinski definition) is 0. The fraction of sp³-hybridized carbons (Fsp3) is 0.370. The van der Waals surface area contributed by atoms with E-state index in [1.54, 1.807) is 0 Å². The molecule has 1 nitrogen and oxygen atoms in total. The Labute approximate surface area is 171 Å². The van der Waals surface area contributed by atoms with Crippen LogP contribution in [0, 0.1) is 12.3 Å². The van der Waals surface area contributed by atoms with Gasteiger partial charge in [0.1, 0.15) is 7.05 Å². The van der Waals surface area contributed by atoms with E-state index in [0.29, 0.717) is 0 Å². The Morgan fingerprint density at radius 3 is 2.50 bits per heavy atom. The molecule has 0 unspecified atom stereocenters. The zero-order chi connectivity index (χ0) is 20.9. The van der Waals surface area contributed by atoms with Crippen molar-refractivity contribution in [3.63, 3.8) is 0 Å². The first kappa shape index (κ1) is 15.5. The molecule has 1 fully saturated rings. The van der Waals surface area contributed by atoms with E-state index < -0.39 is 6.37 Å². The predicted molar refractivity (Wildman–Crippen MR) is 116 cm³/mol. The molecule has 0 aliphatic heterocycles. The molecule has 2 aromatic carbocycles. The van der Waals surface area contributed by atoms with Crippen molar-refractivity contribution in [3.05, 3.63) is 77.5 Å². The molecule has 3 aromatic rings. The molecule has 0 saturated heterocycles. The Morgan fingerprint density at radius 1 is 0.893 bits per heavy atom. The van der Waals surface area contributed by atoms with Crippen molar-refractivity contribution < 1.29 is 7.31 Å². The lowest BCUT2D eigenvalue weighted by atomic mass is 9.72. The van der Waals surface area contributed by atoms with Crippen LogP contribution in [0.4, 0.5) is 0 Å². The van der Waals surface area contributed by atoms with Gasteiger partial charge in [-0.1, -0.05) is 55.7 Å². The maximum absolute atomic E-state index is 9.07. The highest BCUT2D eigenvalue weighted by molar-refractivity contribution is 5.71. The molecule has 0 amide bonds. The molecule has 0 N–H and O–H groups in total. The number of hydrogen-bond donors (Lipinski definition) is 0. The summed E-state index contributed by atoms with van der Waals surface area (Å²) >= 11 is 0. The molecule has 142 valence electrons. The van der Waals surface area contributed by atoms with Crippen molar-refractivity contribution in [2.45, 2.75) is 51.8 Å². The summed E-state index contributed by atoms with van der Waals surface area (Å²) in [6.45, 7) is 2.15. The molecule has 0 radical (unpaired) electrons. The molecule has 0 atom stereocenters. The smallest absolute Gasteiger partial charge is 0.201 e. The normalized spacial score (nSPS) is 20.5. The third kappa shape index (κ3) is 3.07. The average molecular weight is 371 g/mol. The zero-order valence-corrected chi connectivity index (χ0v) is 17.0. The van der Waals surface area contributed by atoms with Crippen LogP contribution in [-0.4, -0.2) is 0 Å². The minimum absolute atomic E-state index is 0.193. The molecule has 5 rings (SSSR count). The third-order valence-electron chi connectivity index (χ3n) is 6.75. The second kappa shape index (κ2) is 6.88. The Morgan fingerprint density at radius 2 is 1.68 bits per heavy atom. The first-order valence-electron chi connectivity index (χ1n) is 11.6. The Kier molecular flexibility index (Phi) is 3.81. The van der Waals surface area contributed by atoms with Crippen LogP contribution in [0.25, 0.3) is 22.4 Å². The number of fused-ring (bicyclic) bond motifs is 1. The van der Waals surface area contributed by atoms with Gasteiger partial charge in [-0.3, -0.25) is 0 Å². The predicted octanol–water partition coefficient (Wildman–Crippen LogP) is 6.20. The molecule has 1 spiro atoms. The molecular formula is C27H30N+. The maximum Gasteiger partial charge on any atom is 0.213 e. The van der Waals surface area contributed by atoms with Gasteiger partial charge in [-0.15, -0.1) is 0 Å². The highest BCUT2D eigenvalue weighted by Crippen LogP contribution is 2.47. The van der Waals surface area contributed by atoms with Crippen molar-refractivity contribution >= 4 is 0 Å². The van der Waals surface area contributed by atoms with Crippen LogP contribution in [0.3, 0.4) is 0 Å². The first-order chi connectivity index (χ1) is 14.4. The summed E-state index contributed by atoms with van der Waals surface area (Å²) < 4.78 is 20.3. The van der Waals surface area contributed by atoms with E-state index >= 15 is 0 Å². The van der Waals surface area contributed by atoms with Crippen LogP contribution in [-0.2, 0) is 19.8 Å². The van der Waals surface area contributed by atoms with Gasteiger partial charge in [-0.25, -0.2) is 4.57 Å².